The lowest BCUT2D eigenvalue weighted by Crippen LogP contribution is -2.64. The van der Waals surface area contributed by atoms with E-state index in [-0.39, 0.29) is 31.6 Å². The molecule has 3 saturated heterocycles. The maximum atomic E-state index is 13.2. The first-order chi connectivity index (χ1) is 28.9. The molecular weight excluding hydrogens is 753 g/mol. The number of nitrogens with one attached hydrogen (secondary N) is 2. The van der Waals surface area contributed by atoms with Crippen LogP contribution < -0.4 is 35.5 Å². The zero-order valence-electron chi connectivity index (χ0n) is 32.6. The number of nitrogens with two attached hydrogens (primary N) is 1. The number of amides is 3. The Hall–Kier alpha value is -6.26. The molecule has 1 atom stereocenters. The van der Waals surface area contributed by atoms with Gasteiger partial charge in [-0.05, 0) is 80.6 Å². The van der Waals surface area contributed by atoms with E-state index in [1.54, 1.807) is 6.07 Å². The molecule has 1 unspecified atom stereocenters. The Morgan fingerprint density at radius 1 is 0.797 bits per heavy atom. The zero-order valence-corrected chi connectivity index (χ0v) is 32.6. The van der Waals surface area contributed by atoms with Crippen LogP contribution in [0.2, 0.25) is 0 Å². The molecule has 3 amide bonds. The van der Waals surface area contributed by atoms with E-state index in [4.69, 9.17) is 25.0 Å². The molecule has 3 aromatic carbocycles. The van der Waals surface area contributed by atoms with Crippen LogP contribution in [0.1, 0.15) is 54.9 Å². The Balaban J connectivity index is 0.729. The van der Waals surface area contributed by atoms with Gasteiger partial charge in [-0.25, -0.2) is 14.6 Å². The molecule has 1 aliphatic carbocycles. The molecule has 16 nitrogen and oxygen atoms in total. The number of para-hydroxylation sites is 1. The fourth-order valence-corrected chi connectivity index (χ4v) is 9.25. The number of aromatic nitrogens is 4. The number of hydrogen-bond donors (Lipinski definition) is 3. The van der Waals surface area contributed by atoms with Gasteiger partial charge in [0.05, 0.1) is 22.7 Å². The predicted octanol–water partition coefficient (Wildman–Crippen LogP) is 4.12. The van der Waals surface area contributed by atoms with Crippen molar-refractivity contribution < 1.29 is 28.6 Å². The van der Waals surface area contributed by atoms with Crippen molar-refractivity contribution in [3.63, 3.8) is 0 Å². The molecule has 5 aliphatic rings. The Morgan fingerprint density at radius 2 is 1.49 bits per heavy atom. The molecule has 0 spiro atoms. The number of piperidine rings is 1. The van der Waals surface area contributed by atoms with Gasteiger partial charge in [0, 0.05) is 63.3 Å². The highest BCUT2D eigenvalue weighted by molar-refractivity contribution is 6.05. The summed E-state index contributed by atoms with van der Waals surface area (Å²) in [4.78, 5) is 53.4. The Bertz CT molecular complexity index is 2390. The number of hydrogen-bond acceptors (Lipinski definition) is 13. The van der Waals surface area contributed by atoms with E-state index in [9.17, 15) is 14.4 Å². The average Bonchev–Trinajstić information content (AvgIpc) is 3.90. The minimum atomic E-state index is -0.769. The molecule has 2 aromatic heterocycles. The third kappa shape index (κ3) is 7.16. The van der Waals surface area contributed by atoms with Crippen molar-refractivity contribution in [1.29, 1.82) is 0 Å². The lowest BCUT2D eigenvalue weighted by molar-refractivity contribution is -0.134. The first-order valence-electron chi connectivity index (χ1n) is 20.5. The van der Waals surface area contributed by atoms with Crippen LogP contribution in [0.5, 0.6) is 23.0 Å². The van der Waals surface area contributed by atoms with E-state index < -0.39 is 17.9 Å². The maximum Gasteiger partial charge on any atom is 0.255 e. The third-order valence-corrected chi connectivity index (χ3v) is 12.5. The van der Waals surface area contributed by atoms with Crippen molar-refractivity contribution in [3.8, 4) is 34.3 Å². The average molecular weight is 799 g/mol. The van der Waals surface area contributed by atoms with Crippen LogP contribution >= 0.6 is 0 Å². The van der Waals surface area contributed by atoms with E-state index in [0.717, 1.165) is 104 Å². The van der Waals surface area contributed by atoms with E-state index >= 15 is 0 Å². The van der Waals surface area contributed by atoms with Crippen molar-refractivity contribution in [3.05, 3.63) is 78.6 Å². The second kappa shape index (κ2) is 15.5. The summed E-state index contributed by atoms with van der Waals surface area (Å²) in [6, 6.07) is 21.7. The molecule has 4 fully saturated rings. The standard InChI is InChI=1S/C43H46N10O6/c44-40-36-37(26-6-12-31(13-7-26)59-30-4-2-1-3-5-30)49-53(41(36)46-24-45-40)28-10-8-27(9-11-28)50-18-20-51(21-19-50)29-22-52(23-29)34-16-14-32(38-39(34)58-25-57-38)42(55)47-33-15-17-35(54)48-43(33)56/h1-7,12-14,16,24,27-29,33H,8-11,15,17-23,25H2,(H,47,55)(H2,44,45,46)(H,48,54,56). The molecule has 304 valence electrons. The number of piperazine rings is 1. The fraction of sp³-hybridized carbons (Fsp3) is 0.395. The van der Waals surface area contributed by atoms with Crippen molar-refractivity contribution >= 4 is 40.3 Å². The number of fused-ring (bicyclic) bond motifs is 2. The monoisotopic (exact) mass is 798 g/mol. The number of carbonyl (C=O) groups excluding carboxylic acids is 3. The topological polar surface area (TPSA) is 182 Å². The van der Waals surface area contributed by atoms with Crippen LogP contribution in [0.15, 0.2) is 73.1 Å². The molecule has 4 aliphatic heterocycles. The fourth-order valence-electron chi connectivity index (χ4n) is 9.25. The lowest BCUT2D eigenvalue weighted by Gasteiger charge is -2.50. The van der Waals surface area contributed by atoms with Crippen molar-refractivity contribution in [1.82, 2.24) is 40.2 Å². The molecule has 0 bridgehead atoms. The first-order valence-corrected chi connectivity index (χ1v) is 20.5. The maximum absolute atomic E-state index is 13.2. The molecule has 6 heterocycles. The van der Waals surface area contributed by atoms with Crippen molar-refractivity contribution in [2.45, 2.75) is 62.7 Å². The van der Waals surface area contributed by atoms with Crippen LogP contribution in [0.4, 0.5) is 11.5 Å². The van der Waals surface area contributed by atoms with Crippen molar-refractivity contribution in [2.75, 3.05) is 56.7 Å². The number of carbonyl (C=O) groups is 3. The largest absolute Gasteiger partial charge is 0.457 e. The number of ether oxygens (including phenoxy) is 3. The van der Waals surface area contributed by atoms with E-state index in [2.05, 4.69) is 40.0 Å². The number of imide groups is 1. The molecule has 0 radical (unpaired) electrons. The van der Waals surface area contributed by atoms with Crippen LogP contribution in [-0.2, 0) is 9.59 Å². The molecular formula is C43H46N10O6. The highest BCUT2D eigenvalue weighted by Gasteiger charge is 2.39. The van der Waals surface area contributed by atoms with Gasteiger partial charge in [0.25, 0.3) is 5.91 Å². The van der Waals surface area contributed by atoms with Gasteiger partial charge in [-0.3, -0.25) is 29.5 Å². The second-order valence-corrected chi connectivity index (χ2v) is 16.0. The third-order valence-electron chi connectivity index (χ3n) is 12.5. The smallest absolute Gasteiger partial charge is 0.255 e. The van der Waals surface area contributed by atoms with Gasteiger partial charge in [-0.15, -0.1) is 0 Å². The van der Waals surface area contributed by atoms with Crippen LogP contribution in [0.3, 0.4) is 0 Å². The Labute approximate surface area is 340 Å². The molecule has 4 N–H and O–H groups in total. The van der Waals surface area contributed by atoms with Gasteiger partial charge in [-0.1, -0.05) is 18.2 Å². The Kier molecular flexibility index (Phi) is 9.72. The van der Waals surface area contributed by atoms with Crippen LogP contribution in [0, 0.1) is 0 Å². The van der Waals surface area contributed by atoms with E-state index in [1.807, 2.05) is 60.7 Å². The zero-order chi connectivity index (χ0) is 40.0. The molecule has 1 saturated carbocycles. The molecule has 16 heteroatoms. The number of benzene rings is 3. The normalized spacial score (nSPS) is 22.6. The van der Waals surface area contributed by atoms with Gasteiger partial charge < -0.3 is 30.2 Å². The number of nitrogens with zero attached hydrogens (tertiary/aromatic N) is 7. The number of anilines is 2. The summed E-state index contributed by atoms with van der Waals surface area (Å²) in [6.45, 7) is 5.87. The van der Waals surface area contributed by atoms with E-state index in [0.29, 0.717) is 35.0 Å². The SMILES string of the molecule is Nc1ncnc2c1c(-c1ccc(Oc3ccccc3)cc1)nn2C1CCC(N2CCN(C3CN(c4ccc(C(=O)NC5CCC(=O)NC5=O)c5c4OCO5)C3)CC2)CC1. The summed E-state index contributed by atoms with van der Waals surface area (Å²) in [7, 11) is 0. The van der Waals surface area contributed by atoms with Crippen molar-refractivity contribution in [2.24, 2.45) is 0 Å². The van der Waals surface area contributed by atoms with Gasteiger partial charge in [0.15, 0.2) is 17.1 Å². The van der Waals surface area contributed by atoms with Crippen LogP contribution in [-0.4, -0.2) is 111 Å². The van der Waals surface area contributed by atoms with Gasteiger partial charge in [0.2, 0.25) is 18.6 Å². The van der Waals surface area contributed by atoms with Crippen LogP contribution in [0.25, 0.3) is 22.3 Å². The second-order valence-electron chi connectivity index (χ2n) is 16.0. The first kappa shape index (κ1) is 37.0. The highest BCUT2D eigenvalue weighted by Crippen LogP contribution is 2.46. The van der Waals surface area contributed by atoms with Gasteiger partial charge >= 0.3 is 0 Å². The highest BCUT2D eigenvalue weighted by atomic mass is 16.7. The summed E-state index contributed by atoms with van der Waals surface area (Å²) in [5, 5.41) is 10.9. The summed E-state index contributed by atoms with van der Waals surface area (Å²) >= 11 is 0. The summed E-state index contributed by atoms with van der Waals surface area (Å²) in [5.41, 5.74) is 10.2. The van der Waals surface area contributed by atoms with E-state index in [1.165, 1.54) is 6.33 Å². The summed E-state index contributed by atoms with van der Waals surface area (Å²) in [5.74, 6) is 1.64. The quantitative estimate of drug-likeness (QED) is 0.181. The Morgan fingerprint density at radius 3 is 2.24 bits per heavy atom. The molecule has 5 aromatic rings. The minimum absolute atomic E-state index is 0.0231. The lowest BCUT2D eigenvalue weighted by atomic mass is 9.89. The number of nitrogen functional groups attached to an aromatic ring is 1. The summed E-state index contributed by atoms with van der Waals surface area (Å²) < 4.78 is 19.7. The number of rotatable bonds is 9. The van der Waals surface area contributed by atoms with Gasteiger partial charge in [0.1, 0.15) is 35.4 Å². The predicted molar refractivity (Wildman–Crippen MR) is 218 cm³/mol. The summed E-state index contributed by atoms with van der Waals surface area (Å²) in [6.07, 6.45) is 6.20. The minimum Gasteiger partial charge on any atom is -0.457 e. The molecule has 59 heavy (non-hydrogen) atoms. The molecule has 10 rings (SSSR count). The van der Waals surface area contributed by atoms with Gasteiger partial charge in [-0.2, -0.15) is 5.10 Å².